The number of ether oxygens (including phenoxy) is 4. The van der Waals surface area contributed by atoms with Crippen molar-refractivity contribution in [2.24, 2.45) is 11.8 Å². The van der Waals surface area contributed by atoms with Crippen LogP contribution in [0.4, 0.5) is 0 Å². The second-order valence-corrected chi connectivity index (χ2v) is 10.8. The Bertz CT molecular complexity index is 697. The predicted molar refractivity (Wildman–Crippen MR) is 133 cm³/mol. The quantitative estimate of drug-likeness (QED) is 0.241. The van der Waals surface area contributed by atoms with Gasteiger partial charge in [-0.25, -0.2) is 0 Å². The highest BCUT2D eigenvalue weighted by atomic mass is 16.7. The average molecular weight is 495 g/mol. The van der Waals surface area contributed by atoms with Crippen LogP contribution in [0.2, 0.25) is 0 Å². The largest absolute Gasteiger partial charge is 0.481 e. The summed E-state index contributed by atoms with van der Waals surface area (Å²) in [5, 5.41) is 8.83. The predicted octanol–water partition coefficient (Wildman–Crippen LogP) is 5.80. The van der Waals surface area contributed by atoms with E-state index in [-0.39, 0.29) is 48.6 Å². The van der Waals surface area contributed by atoms with E-state index in [9.17, 15) is 9.59 Å². The van der Waals surface area contributed by atoms with Gasteiger partial charge >= 0.3 is 5.97 Å². The van der Waals surface area contributed by atoms with Crippen LogP contribution in [0, 0.1) is 11.8 Å². The molecule has 0 bridgehead atoms. The number of carbonyl (C=O) groups is 2. The van der Waals surface area contributed by atoms with Gasteiger partial charge in [0.25, 0.3) is 0 Å². The maximum Gasteiger partial charge on any atom is 0.303 e. The van der Waals surface area contributed by atoms with Crippen LogP contribution in [0.3, 0.4) is 0 Å². The number of carboxylic acids is 1. The molecule has 7 heteroatoms. The standard InChI is InChI=1S/C28H46O7/c1-4-5-13-23-24(35-28(2,3)34-23)17-16-21-20(12-8-6-7-9-14-26(30)31)22(29)19-25(21)33-27-15-10-11-18-32-27/h16-17,20-21,23-25,27H,4-15,18-19H2,1-3H3,(H,30,31)/t20-,21-,23?,24?,25-,27?/m1/s1. The Morgan fingerprint density at radius 3 is 2.60 bits per heavy atom. The van der Waals surface area contributed by atoms with Gasteiger partial charge in [0.05, 0.1) is 12.2 Å². The maximum absolute atomic E-state index is 13.1. The molecule has 0 aromatic rings. The van der Waals surface area contributed by atoms with E-state index >= 15 is 0 Å². The summed E-state index contributed by atoms with van der Waals surface area (Å²) in [4.78, 5) is 23.8. The first-order valence-electron chi connectivity index (χ1n) is 13.8. The first-order valence-corrected chi connectivity index (χ1v) is 13.8. The Labute approximate surface area is 210 Å². The lowest BCUT2D eigenvalue weighted by Crippen LogP contribution is -2.31. The van der Waals surface area contributed by atoms with Gasteiger partial charge in [0.15, 0.2) is 12.1 Å². The SMILES string of the molecule is CCCCC1OC(C)(C)OC1C=C[C@H]1[C@H](OC2CCCCO2)CC(=O)[C@@H]1CCCCCCC(=O)O. The first-order chi connectivity index (χ1) is 16.8. The number of ketones is 1. The molecule has 0 spiro atoms. The third-order valence-corrected chi connectivity index (χ3v) is 7.42. The second kappa shape index (κ2) is 13.9. The van der Waals surface area contributed by atoms with Crippen LogP contribution in [0.5, 0.6) is 0 Å². The average Bonchev–Trinajstić information content (AvgIpc) is 3.27. The summed E-state index contributed by atoms with van der Waals surface area (Å²) >= 11 is 0. The molecular weight excluding hydrogens is 448 g/mol. The number of rotatable bonds is 14. The molecule has 6 atom stereocenters. The van der Waals surface area contributed by atoms with Crippen molar-refractivity contribution in [3.05, 3.63) is 12.2 Å². The fourth-order valence-corrected chi connectivity index (χ4v) is 5.61. The van der Waals surface area contributed by atoms with E-state index in [0.717, 1.165) is 64.2 Å². The highest BCUT2D eigenvalue weighted by Crippen LogP contribution is 2.39. The van der Waals surface area contributed by atoms with Crippen LogP contribution in [0.15, 0.2) is 12.2 Å². The minimum atomic E-state index is -0.746. The van der Waals surface area contributed by atoms with Gasteiger partial charge in [0.2, 0.25) is 0 Å². The molecule has 200 valence electrons. The molecular formula is C28H46O7. The fraction of sp³-hybridized carbons (Fsp3) is 0.857. The van der Waals surface area contributed by atoms with Crippen LogP contribution in [0.1, 0.15) is 104 Å². The molecule has 3 rings (SSSR count). The van der Waals surface area contributed by atoms with E-state index in [0.29, 0.717) is 19.4 Å². The number of carbonyl (C=O) groups excluding carboxylic acids is 1. The van der Waals surface area contributed by atoms with Crippen molar-refractivity contribution in [2.45, 2.75) is 135 Å². The molecule has 3 aliphatic rings. The molecule has 0 radical (unpaired) electrons. The van der Waals surface area contributed by atoms with Crippen molar-refractivity contribution < 1.29 is 33.6 Å². The molecule has 3 fully saturated rings. The van der Waals surface area contributed by atoms with Gasteiger partial charge in [-0.05, 0) is 52.4 Å². The monoisotopic (exact) mass is 494 g/mol. The number of aliphatic carboxylic acids is 1. The van der Waals surface area contributed by atoms with Crippen LogP contribution in [0.25, 0.3) is 0 Å². The molecule has 2 heterocycles. The van der Waals surface area contributed by atoms with Gasteiger partial charge in [0, 0.05) is 31.3 Å². The van der Waals surface area contributed by atoms with Crippen molar-refractivity contribution in [1.82, 2.24) is 0 Å². The van der Waals surface area contributed by atoms with Crippen molar-refractivity contribution in [2.75, 3.05) is 6.61 Å². The number of Topliss-reactive ketones (excluding diaryl/α,β-unsaturated/α-hetero) is 1. The van der Waals surface area contributed by atoms with Crippen molar-refractivity contribution in [1.29, 1.82) is 0 Å². The molecule has 7 nitrogen and oxygen atoms in total. The fourth-order valence-electron chi connectivity index (χ4n) is 5.61. The van der Waals surface area contributed by atoms with Gasteiger partial charge in [-0.15, -0.1) is 0 Å². The van der Waals surface area contributed by atoms with Gasteiger partial charge in [0.1, 0.15) is 11.9 Å². The van der Waals surface area contributed by atoms with Crippen molar-refractivity contribution >= 4 is 11.8 Å². The van der Waals surface area contributed by atoms with E-state index in [2.05, 4.69) is 19.1 Å². The lowest BCUT2D eigenvalue weighted by molar-refractivity contribution is -0.192. The Morgan fingerprint density at radius 1 is 1.09 bits per heavy atom. The summed E-state index contributed by atoms with van der Waals surface area (Å²) in [7, 11) is 0. The molecule has 0 amide bonds. The van der Waals surface area contributed by atoms with E-state index in [1.54, 1.807) is 0 Å². The third kappa shape index (κ3) is 8.96. The lowest BCUT2D eigenvalue weighted by atomic mass is 9.88. The smallest absolute Gasteiger partial charge is 0.303 e. The number of unbranched alkanes of at least 4 members (excludes halogenated alkanes) is 4. The Morgan fingerprint density at radius 2 is 1.89 bits per heavy atom. The van der Waals surface area contributed by atoms with Gasteiger partial charge in [-0.3, -0.25) is 9.59 Å². The highest BCUT2D eigenvalue weighted by Gasteiger charge is 2.44. The minimum Gasteiger partial charge on any atom is -0.481 e. The zero-order chi connectivity index (χ0) is 25.3. The zero-order valence-corrected chi connectivity index (χ0v) is 21.9. The third-order valence-electron chi connectivity index (χ3n) is 7.42. The van der Waals surface area contributed by atoms with Crippen molar-refractivity contribution in [3.63, 3.8) is 0 Å². The lowest BCUT2D eigenvalue weighted by Gasteiger charge is -2.29. The van der Waals surface area contributed by atoms with Gasteiger partial charge in [-0.1, -0.05) is 51.2 Å². The number of carboxylic acid groups (broad SMARTS) is 1. The van der Waals surface area contributed by atoms with E-state index in [1.807, 2.05) is 13.8 Å². The summed E-state index contributed by atoms with van der Waals surface area (Å²) in [5.74, 6) is -1.18. The summed E-state index contributed by atoms with van der Waals surface area (Å²) < 4.78 is 24.5. The first kappa shape index (κ1) is 28.3. The van der Waals surface area contributed by atoms with Crippen LogP contribution < -0.4 is 0 Å². The van der Waals surface area contributed by atoms with Gasteiger partial charge in [-0.2, -0.15) is 0 Å². The zero-order valence-electron chi connectivity index (χ0n) is 21.9. The van der Waals surface area contributed by atoms with Crippen LogP contribution in [-0.4, -0.2) is 53.9 Å². The Balaban J connectivity index is 1.65. The topological polar surface area (TPSA) is 91.3 Å². The molecule has 0 aromatic heterocycles. The molecule has 0 aromatic carbocycles. The minimum absolute atomic E-state index is 0.00816. The summed E-state index contributed by atoms with van der Waals surface area (Å²) in [5.41, 5.74) is 0. The summed E-state index contributed by atoms with van der Waals surface area (Å²) in [6.45, 7) is 6.81. The van der Waals surface area contributed by atoms with E-state index in [1.165, 1.54) is 0 Å². The molecule has 2 saturated heterocycles. The Hall–Kier alpha value is -1.28. The number of hydrogen-bond donors (Lipinski definition) is 1. The van der Waals surface area contributed by atoms with Crippen LogP contribution >= 0.6 is 0 Å². The molecule has 3 unspecified atom stereocenters. The van der Waals surface area contributed by atoms with E-state index < -0.39 is 11.8 Å². The Kier molecular flexibility index (Phi) is 11.2. The molecule has 1 saturated carbocycles. The molecule has 2 aliphatic heterocycles. The summed E-state index contributed by atoms with van der Waals surface area (Å²) in [6, 6.07) is 0. The maximum atomic E-state index is 13.1. The molecule has 35 heavy (non-hydrogen) atoms. The van der Waals surface area contributed by atoms with Gasteiger partial charge < -0.3 is 24.1 Å². The van der Waals surface area contributed by atoms with E-state index in [4.69, 9.17) is 24.1 Å². The second-order valence-electron chi connectivity index (χ2n) is 10.8. The number of hydrogen-bond acceptors (Lipinski definition) is 6. The molecule has 1 aliphatic carbocycles. The summed E-state index contributed by atoms with van der Waals surface area (Å²) in [6.07, 6.45) is 14.8. The normalized spacial score (nSPS) is 33.1. The van der Waals surface area contributed by atoms with Crippen LogP contribution in [-0.2, 0) is 28.5 Å². The highest BCUT2D eigenvalue weighted by molar-refractivity contribution is 5.84. The molecule has 1 N–H and O–H groups in total. The van der Waals surface area contributed by atoms with Crippen molar-refractivity contribution in [3.8, 4) is 0 Å².